The van der Waals surface area contributed by atoms with Gasteiger partial charge in [-0.25, -0.2) is 0 Å². The fourth-order valence-corrected chi connectivity index (χ4v) is 3.28. The number of amides is 1. The third-order valence-electron chi connectivity index (χ3n) is 4.80. The third-order valence-corrected chi connectivity index (χ3v) is 4.80. The van der Waals surface area contributed by atoms with Crippen LogP contribution in [0.5, 0.6) is 5.75 Å². The van der Waals surface area contributed by atoms with Gasteiger partial charge >= 0.3 is 6.18 Å². The monoisotopic (exact) mass is 419 g/mol. The second kappa shape index (κ2) is 7.32. The van der Waals surface area contributed by atoms with Crippen LogP contribution >= 0.6 is 0 Å². The van der Waals surface area contributed by atoms with Crippen LogP contribution in [0.15, 0.2) is 47.4 Å². The van der Waals surface area contributed by atoms with Gasteiger partial charge in [0.25, 0.3) is 11.5 Å². The van der Waals surface area contributed by atoms with Gasteiger partial charge in [-0.1, -0.05) is 0 Å². The van der Waals surface area contributed by atoms with E-state index in [-0.39, 0.29) is 36.6 Å². The zero-order chi connectivity index (χ0) is 21.5. The Hall–Kier alpha value is -3.63. The summed E-state index contributed by atoms with van der Waals surface area (Å²) in [5.41, 5.74) is 0.447. The van der Waals surface area contributed by atoms with E-state index >= 15 is 0 Å². The molecule has 0 unspecified atom stereocenters. The number of carbonyl (C=O) groups excluding carboxylic acids is 1. The minimum Gasteiger partial charge on any atom is -0.497 e. The van der Waals surface area contributed by atoms with Gasteiger partial charge < -0.3 is 14.2 Å². The first-order valence-electron chi connectivity index (χ1n) is 8.93. The zero-order valence-electron chi connectivity index (χ0n) is 15.8. The molecule has 0 N–H and O–H groups in total. The Kier molecular flexibility index (Phi) is 4.80. The molecule has 11 heteroatoms. The predicted octanol–water partition coefficient (Wildman–Crippen LogP) is 2.11. The molecule has 2 aromatic heterocycles. The number of alkyl halides is 3. The second-order valence-corrected chi connectivity index (χ2v) is 6.64. The molecule has 156 valence electrons. The maximum atomic E-state index is 13.0. The van der Waals surface area contributed by atoms with E-state index in [9.17, 15) is 22.8 Å². The lowest BCUT2D eigenvalue weighted by Gasteiger charge is -2.28. The second-order valence-electron chi connectivity index (χ2n) is 6.64. The van der Waals surface area contributed by atoms with Crippen molar-refractivity contribution in [2.24, 2.45) is 0 Å². The molecule has 0 saturated heterocycles. The van der Waals surface area contributed by atoms with Crippen molar-refractivity contribution in [3.8, 4) is 11.4 Å². The summed E-state index contributed by atoms with van der Waals surface area (Å²) in [5.74, 6) is -0.808. The van der Waals surface area contributed by atoms with Crippen LogP contribution in [-0.2, 0) is 19.3 Å². The average molecular weight is 419 g/mol. The van der Waals surface area contributed by atoms with Gasteiger partial charge in [-0.3, -0.25) is 14.2 Å². The Labute approximate surface area is 168 Å². The average Bonchev–Trinajstić information content (AvgIpc) is 3.17. The van der Waals surface area contributed by atoms with Crippen LogP contribution in [-0.4, -0.2) is 43.8 Å². The molecule has 0 bridgehead atoms. The van der Waals surface area contributed by atoms with E-state index in [0.29, 0.717) is 11.4 Å². The summed E-state index contributed by atoms with van der Waals surface area (Å²) in [6.07, 6.45) is -3.20. The van der Waals surface area contributed by atoms with Crippen molar-refractivity contribution in [1.82, 2.24) is 24.2 Å². The third kappa shape index (κ3) is 3.53. The molecule has 1 amide bonds. The number of rotatable bonds is 3. The smallest absolute Gasteiger partial charge is 0.451 e. The number of hydrogen-bond acceptors (Lipinski definition) is 5. The highest BCUT2D eigenvalue weighted by Crippen LogP contribution is 2.29. The SMILES string of the molecule is COc1ccc(-n2cc(C(=O)N3CCn4c(nnc4C(F)(F)F)C3)ccc2=O)cc1. The molecule has 3 aromatic rings. The van der Waals surface area contributed by atoms with Gasteiger partial charge in [0.15, 0.2) is 5.82 Å². The lowest BCUT2D eigenvalue weighted by atomic mass is 10.2. The Balaban J connectivity index is 1.60. The Morgan fingerprint density at radius 1 is 1.07 bits per heavy atom. The number of methoxy groups -OCH3 is 1. The fraction of sp³-hybridized carbons (Fsp3) is 0.263. The number of hydrogen-bond donors (Lipinski definition) is 0. The standard InChI is InChI=1S/C19H16F3N5O3/c1-30-14-5-3-13(4-6-14)27-10-12(2-7-16(27)28)17(29)25-8-9-26-15(11-25)23-24-18(26)19(20,21)22/h2-7,10H,8-9,11H2,1H3. The summed E-state index contributed by atoms with van der Waals surface area (Å²) in [6.45, 7) is -0.112. The Morgan fingerprint density at radius 2 is 1.80 bits per heavy atom. The van der Waals surface area contributed by atoms with E-state index in [4.69, 9.17) is 4.74 Å². The molecule has 0 aliphatic carbocycles. The number of nitrogens with zero attached hydrogens (tertiary/aromatic N) is 5. The number of ether oxygens (including phenoxy) is 1. The summed E-state index contributed by atoms with van der Waals surface area (Å²) >= 11 is 0. The normalized spacial score (nSPS) is 13.8. The van der Waals surface area contributed by atoms with Gasteiger partial charge in [-0.2, -0.15) is 13.2 Å². The molecule has 30 heavy (non-hydrogen) atoms. The number of halogens is 3. The molecule has 1 aromatic carbocycles. The van der Waals surface area contributed by atoms with Crippen LogP contribution in [0.3, 0.4) is 0 Å². The van der Waals surface area contributed by atoms with E-state index in [1.807, 2.05) is 0 Å². The van der Waals surface area contributed by atoms with Crippen LogP contribution < -0.4 is 10.3 Å². The Bertz CT molecular complexity index is 1150. The summed E-state index contributed by atoms with van der Waals surface area (Å²) < 4.78 is 46.3. The first kappa shape index (κ1) is 19.7. The van der Waals surface area contributed by atoms with E-state index in [0.717, 1.165) is 4.57 Å². The van der Waals surface area contributed by atoms with Gasteiger partial charge in [0, 0.05) is 31.0 Å². The largest absolute Gasteiger partial charge is 0.497 e. The van der Waals surface area contributed by atoms with E-state index in [1.165, 1.54) is 34.9 Å². The summed E-state index contributed by atoms with van der Waals surface area (Å²) in [5, 5.41) is 6.79. The first-order chi connectivity index (χ1) is 14.3. The van der Waals surface area contributed by atoms with Crippen molar-refractivity contribution in [2.45, 2.75) is 19.3 Å². The van der Waals surface area contributed by atoms with Crippen molar-refractivity contribution in [1.29, 1.82) is 0 Å². The van der Waals surface area contributed by atoms with Gasteiger partial charge in [-0.05, 0) is 30.3 Å². The topological polar surface area (TPSA) is 82.2 Å². The Morgan fingerprint density at radius 3 is 2.47 bits per heavy atom. The molecule has 0 fully saturated rings. The molecule has 0 spiro atoms. The highest BCUT2D eigenvalue weighted by atomic mass is 19.4. The lowest BCUT2D eigenvalue weighted by Crippen LogP contribution is -2.39. The van der Waals surface area contributed by atoms with E-state index in [2.05, 4.69) is 10.2 Å². The molecule has 1 aliphatic heterocycles. The van der Waals surface area contributed by atoms with Gasteiger partial charge in [-0.15, -0.1) is 10.2 Å². The van der Waals surface area contributed by atoms with E-state index < -0.39 is 17.9 Å². The summed E-state index contributed by atoms with van der Waals surface area (Å²) in [6, 6.07) is 9.39. The molecule has 4 rings (SSSR count). The molecule has 1 aliphatic rings. The van der Waals surface area contributed by atoms with Crippen molar-refractivity contribution in [2.75, 3.05) is 13.7 Å². The summed E-state index contributed by atoms with van der Waals surface area (Å²) in [4.78, 5) is 26.6. The molecule has 8 nitrogen and oxygen atoms in total. The van der Waals surface area contributed by atoms with Crippen LogP contribution in [0.25, 0.3) is 5.69 Å². The first-order valence-corrected chi connectivity index (χ1v) is 8.93. The van der Waals surface area contributed by atoms with Crippen LogP contribution in [0.2, 0.25) is 0 Å². The quantitative estimate of drug-likeness (QED) is 0.650. The van der Waals surface area contributed by atoms with Gasteiger partial charge in [0.2, 0.25) is 5.82 Å². The van der Waals surface area contributed by atoms with Crippen LogP contribution in [0.1, 0.15) is 22.0 Å². The maximum absolute atomic E-state index is 13.0. The zero-order valence-corrected chi connectivity index (χ0v) is 15.8. The van der Waals surface area contributed by atoms with Crippen molar-refractivity contribution in [3.63, 3.8) is 0 Å². The predicted molar refractivity (Wildman–Crippen MR) is 98.4 cm³/mol. The number of fused-ring (bicyclic) bond motifs is 1. The van der Waals surface area contributed by atoms with Crippen molar-refractivity contribution >= 4 is 5.91 Å². The number of aromatic nitrogens is 4. The number of benzene rings is 1. The molecule has 0 radical (unpaired) electrons. The highest BCUT2D eigenvalue weighted by Gasteiger charge is 2.40. The van der Waals surface area contributed by atoms with Crippen LogP contribution in [0.4, 0.5) is 13.2 Å². The maximum Gasteiger partial charge on any atom is 0.451 e. The highest BCUT2D eigenvalue weighted by molar-refractivity contribution is 5.94. The fourth-order valence-electron chi connectivity index (χ4n) is 3.28. The van der Waals surface area contributed by atoms with Crippen molar-refractivity contribution < 1.29 is 22.7 Å². The minimum absolute atomic E-state index is 0.0606. The number of carbonyl (C=O) groups is 1. The minimum atomic E-state index is -4.61. The van der Waals surface area contributed by atoms with Gasteiger partial charge in [0.05, 0.1) is 19.2 Å². The molecule has 3 heterocycles. The molecule has 0 saturated carbocycles. The number of pyridine rings is 1. The molecular weight excluding hydrogens is 403 g/mol. The lowest BCUT2D eigenvalue weighted by molar-refractivity contribution is -0.147. The van der Waals surface area contributed by atoms with Gasteiger partial charge in [0.1, 0.15) is 5.75 Å². The molecular formula is C19H16F3N5O3. The summed E-state index contributed by atoms with van der Waals surface area (Å²) in [7, 11) is 1.53. The van der Waals surface area contributed by atoms with Crippen LogP contribution in [0, 0.1) is 0 Å². The van der Waals surface area contributed by atoms with E-state index in [1.54, 1.807) is 24.3 Å². The molecule has 0 atom stereocenters. The van der Waals surface area contributed by atoms with Crippen molar-refractivity contribution in [3.05, 3.63) is 70.2 Å².